The molecule has 0 amide bonds. The number of hydrogen-bond acceptors (Lipinski definition) is 3. The third kappa shape index (κ3) is 2.89. The molecule has 0 aromatic heterocycles. The molecule has 24 heavy (non-hydrogen) atoms. The van der Waals surface area contributed by atoms with E-state index in [1.54, 1.807) is 0 Å². The number of benzene rings is 2. The molecule has 2 heterocycles. The van der Waals surface area contributed by atoms with Gasteiger partial charge >= 0.3 is 0 Å². The zero-order chi connectivity index (χ0) is 16.8. The number of anilines is 1. The van der Waals surface area contributed by atoms with Crippen LogP contribution in [0.25, 0.3) is 0 Å². The van der Waals surface area contributed by atoms with Crippen LogP contribution in [0.5, 0.6) is 0 Å². The summed E-state index contributed by atoms with van der Waals surface area (Å²) < 4.78 is 1.19. The molecule has 0 unspecified atom stereocenters. The number of aryl methyl sites for hydroxylation is 1. The van der Waals surface area contributed by atoms with Crippen molar-refractivity contribution in [2.24, 2.45) is 0 Å². The highest BCUT2D eigenvalue weighted by molar-refractivity contribution is 9.10. The Bertz CT molecular complexity index is 759. The highest BCUT2D eigenvalue weighted by atomic mass is 79.9. The first-order chi connectivity index (χ1) is 11.5. The van der Waals surface area contributed by atoms with E-state index in [9.17, 15) is 0 Å². The van der Waals surface area contributed by atoms with Crippen LogP contribution in [0, 0.1) is 6.92 Å². The normalized spacial score (nSPS) is 23.2. The largest absolute Gasteiger partial charge is 0.370 e. The van der Waals surface area contributed by atoms with Crippen molar-refractivity contribution in [2.75, 3.05) is 32.1 Å². The lowest BCUT2D eigenvalue weighted by Gasteiger charge is -2.35. The molecule has 0 radical (unpaired) electrons. The molecule has 2 aliphatic rings. The average Bonchev–Trinajstić information content (AvgIpc) is 2.82. The van der Waals surface area contributed by atoms with Crippen LogP contribution in [-0.4, -0.2) is 38.1 Å². The zero-order valence-electron chi connectivity index (χ0n) is 14.4. The van der Waals surface area contributed by atoms with E-state index in [1.165, 1.54) is 44.0 Å². The molecule has 0 spiro atoms. The summed E-state index contributed by atoms with van der Waals surface area (Å²) in [5.41, 5.74) is 4.26. The molecular formula is C20H23BrN2S. The fourth-order valence-electron chi connectivity index (χ4n) is 4.10. The topological polar surface area (TPSA) is 6.48 Å². The molecule has 0 aliphatic carbocycles. The Labute approximate surface area is 157 Å². The summed E-state index contributed by atoms with van der Waals surface area (Å²) in [7, 11) is 4.52. The molecule has 0 saturated carbocycles. The number of likely N-dealkylation sites (N-methyl/N-ethyl adjacent to an activating group) is 2. The zero-order valence-corrected chi connectivity index (χ0v) is 16.8. The molecule has 4 rings (SSSR count). The van der Waals surface area contributed by atoms with Crippen molar-refractivity contribution >= 4 is 33.4 Å². The Balaban J connectivity index is 1.75. The van der Waals surface area contributed by atoms with Gasteiger partial charge in [0.1, 0.15) is 0 Å². The first-order valence-corrected chi connectivity index (χ1v) is 10.1. The van der Waals surface area contributed by atoms with Crippen molar-refractivity contribution < 1.29 is 0 Å². The van der Waals surface area contributed by atoms with Crippen molar-refractivity contribution in [3.8, 4) is 0 Å². The second-order valence-corrected chi connectivity index (χ2v) is 9.12. The monoisotopic (exact) mass is 402 g/mol. The number of rotatable bonds is 2. The van der Waals surface area contributed by atoms with E-state index in [0.717, 1.165) is 6.54 Å². The van der Waals surface area contributed by atoms with Crippen LogP contribution in [0.4, 0.5) is 5.69 Å². The van der Waals surface area contributed by atoms with Gasteiger partial charge in [-0.05, 0) is 56.8 Å². The molecule has 2 nitrogen and oxygen atoms in total. The van der Waals surface area contributed by atoms with Crippen molar-refractivity contribution in [1.29, 1.82) is 0 Å². The van der Waals surface area contributed by atoms with Crippen molar-refractivity contribution in [1.82, 2.24) is 4.90 Å². The lowest BCUT2D eigenvalue weighted by atomic mass is 9.89. The van der Waals surface area contributed by atoms with E-state index in [2.05, 4.69) is 83.1 Å². The number of nitrogens with zero attached hydrogens (tertiary/aromatic N) is 2. The summed E-state index contributed by atoms with van der Waals surface area (Å²) in [6.07, 6.45) is 1.25. The quantitative estimate of drug-likeness (QED) is 0.685. The number of piperidine rings is 1. The van der Waals surface area contributed by atoms with Gasteiger partial charge in [0.05, 0.1) is 5.69 Å². The standard InChI is InChI=1S/C20H23BrN2S/c1-13-4-6-15(7-5-13)24-19-11-14(21)10-16-17-12-22(2)9-8-18(17)23(3)20(16)19/h4-7,10-11,17-18H,8-9,12H2,1-3H3/t17-,18-/m0/s1. The Morgan fingerprint density at radius 1 is 1.12 bits per heavy atom. The minimum absolute atomic E-state index is 0.624. The van der Waals surface area contributed by atoms with Gasteiger partial charge in [0.2, 0.25) is 0 Å². The maximum absolute atomic E-state index is 3.75. The molecule has 0 N–H and O–H groups in total. The molecule has 2 aromatic rings. The first kappa shape index (κ1) is 16.5. The van der Waals surface area contributed by atoms with Crippen molar-refractivity contribution in [2.45, 2.75) is 35.1 Å². The number of hydrogen-bond donors (Lipinski definition) is 0. The van der Waals surface area contributed by atoms with Crippen LogP contribution >= 0.6 is 27.7 Å². The Kier molecular flexibility index (Phi) is 4.40. The van der Waals surface area contributed by atoms with Crippen LogP contribution in [0.15, 0.2) is 50.7 Å². The van der Waals surface area contributed by atoms with Crippen LogP contribution in [0.2, 0.25) is 0 Å². The molecule has 4 heteroatoms. The summed E-state index contributed by atoms with van der Waals surface area (Å²) in [6.45, 7) is 4.49. The van der Waals surface area contributed by atoms with Crippen LogP contribution in [0.1, 0.15) is 23.5 Å². The van der Waals surface area contributed by atoms with Gasteiger partial charge < -0.3 is 9.80 Å². The highest BCUT2D eigenvalue weighted by Gasteiger charge is 2.40. The second-order valence-electron chi connectivity index (χ2n) is 7.09. The number of fused-ring (bicyclic) bond motifs is 3. The fraction of sp³-hybridized carbons (Fsp3) is 0.400. The maximum atomic E-state index is 3.75. The third-order valence-corrected chi connectivity index (χ3v) is 6.84. The molecule has 2 atom stereocenters. The van der Waals surface area contributed by atoms with Gasteiger partial charge in [0.15, 0.2) is 0 Å². The van der Waals surface area contributed by atoms with Gasteiger partial charge in [-0.25, -0.2) is 0 Å². The summed E-state index contributed by atoms with van der Waals surface area (Å²) in [4.78, 5) is 7.68. The number of halogens is 1. The van der Waals surface area contributed by atoms with Crippen molar-refractivity contribution in [3.63, 3.8) is 0 Å². The van der Waals surface area contributed by atoms with Gasteiger partial charge in [0.25, 0.3) is 0 Å². The second kappa shape index (κ2) is 6.40. The van der Waals surface area contributed by atoms with Crippen LogP contribution in [0.3, 0.4) is 0 Å². The SMILES string of the molecule is Cc1ccc(Sc2cc(Br)cc3c2N(C)[C@H]2CCN(C)C[C@@H]32)cc1. The maximum Gasteiger partial charge on any atom is 0.0545 e. The summed E-state index contributed by atoms with van der Waals surface area (Å²) >= 11 is 5.63. The molecule has 1 fully saturated rings. The Morgan fingerprint density at radius 3 is 2.62 bits per heavy atom. The molecule has 1 saturated heterocycles. The predicted octanol–water partition coefficient (Wildman–Crippen LogP) is 5.15. The van der Waals surface area contributed by atoms with Crippen LogP contribution in [-0.2, 0) is 0 Å². The van der Waals surface area contributed by atoms with Gasteiger partial charge in [-0.1, -0.05) is 45.4 Å². The average molecular weight is 403 g/mol. The van der Waals surface area contributed by atoms with E-state index in [1.807, 2.05) is 11.8 Å². The minimum Gasteiger partial charge on any atom is -0.370 e. The highest BCUT2D eigenvalue weighted by Crippen LogP contribution is 2.50. The van der Waals surface area contributed by atoms with E-state index in [4.69, 9.17) is 0 Å². The smallest absolute Gasteiger partial charge is 0.0545 e. The molecule has 2 aromatic carbocycles. The Morgan fingerprint density at radius 2 is 1.88 bits per heavy atom. The van der Waals surface area contributed by atoms with E-state index in [0.29, 0.717) is 12.0 Å². The van der Waals surface area contributed by atoms with Crippen molar-refractivity contribution in [3.05, 3.63) is 52.0 Å². The first-order valence-electron chi connectivity index (χ1n) is 8.52. The Hall–Kier alpha value is -0.970. The summed E-state index contributed by atoms with van der Waals surface area (Å²) in [5.74, 6) is 0.624. The van der Waals surface area contributed by atoms with Crippen LogP contribution < -0.4 is 4.90 Å². The van der Waals surface area contributed by atoms with Gasteiger partial charge in [-0.3, -0.25) is 0 Å². The lowest BCUT2D eigenvalue weighted by molar-refractivity contribution is 0.234. The van der Waals surface area contributed by atoms with E-state index < -0.39 is 0 Å². The van der Waals surface area contributed by atoms with Gasteiger partial charge in [-0.2, -0.15) is 0 Å². The molecular weight excluding hydrogens is 380 g/mol. The summed E-state index contributed by atoms with van der Waals surface area (Å²) in [6, 6.07) is 14.1. The van der Waals surface area contributed by atoms with Gasteiger partial charge in [-0.15, -0.1) is 0 Å². The third-order valence-electron chi connectivity index (χ3n) is 5.35. The van der Waals surface area contributed by atoms with E-state index in [-0.39, 0.29) is 0 Å². The molecule has 126 valence electrons. The molecule has 2 aliphatic heterocycles. The summed E-state index contributed by atoms with van der Waals surface area (Å²) in [5, 5.41) is 0. The number of likely N-dealkylation sites (tertiary alicyclic amines) is 1. The minimum atomic E-state index is 0.624. The fourth-order valence-corrected chi connectivity index (χ4v) is 5.80. The van der Waals surface area contributed by atoms with Gasteiger partial charge in [0, 0.05) is 39.8 Å². The van der Waals surface area contributed by atoms with E-state index >= 15 is 0 Å². The predicted molar refractivity (Wildman–Crippen MR) is 106 cm³/mol. The lowest BCUT2D eigenvalue weighted by Crippen LogP contribution is -2.43. The molecule has 0 bridgehead atoms.